The maximum Gasteiger partial charge on any atom is 0.0514 e. The average Bonchev–Trinajstić information content (AvgIpc) is 2.12. The second kappa shape index (κ2) is 9.47. The van der Waals surface area contributed by atoms with E-state index < -0.39 is 0 Å². The Morgan fingerprint density at radius 2 is 1.86 bits per heavy atom. The Hall–Kier alpha value is -0.0800. The zero-order chi connectivity index (χ0) is 10.8. The summed E-state index contributed by atoms with van der Waals surface area (Å²) in [5.41, 5.74) is 5.55. The van der Waals surface area contributed by atoms with Gasteiger partial charge in [-0.2, -0.15) is 0 Å². The number of aliphatic hydroxyl groups is 1. The molecular formula is C12H27NO. The van der Waals surface area contributed by atoms with E-state index in [-0.39, 0.29) is 6.10 Å². The predicted octanol–water partition coefficient (Wildman–Crippen LogP) is 2.69. The van der Waals surface area contributed by atoms with Crippen molar-refractivity contribution in [3.8, 4) is 0 Å². The van der Waals surface area contributed by atoms with E-state index in [1.807, 2.05) is 6.92 Å². The monoisotopic (exact) mass is 201 g/mol. The van der Waals surface area contributed by atoms with E-state index in [1.54, 1.807) is 0 Å². The smallest absolute Gasteiger partial charge is 0.0514 e. The van der Waals surface area contributed by atoms with E-state index in [4.69, 9.17) is 5.73 Å². The summed E-state index contributed by atoms with van der Waals surface area (Å²) in [6.45, 7) is 4.86. The lowest BCUT2D eigenvalue weighted by Crippen LogP contribution is -2.14. The van der Waals surface area contributed by atoms with E-state index in [0.717, 1.165) is 19.4 Å². The van der Waals surface area contributed by atoms with Crippen LogP contribution in [0.25, 0.3) is 0 Å². The van der Waals surface area contributed by atoms with Crippen molar-refractivity contribution in [3.05, 3.63) is 0 Å². The van der Waals surface area contributed by atoms with Gasteiger partial charge in [0.1, 0.15) is 0 Å². The van der Waals surface area contributed by atoms with Crippen LogP contribution in [0.15, 0.2) is 0 Å². The van der Waals surface area contributed by atoms with Gasteiger partial charge in [0.05, 0.1) is 6.10 Å². The number of aliphatic hydroxyl groups excluding tert-OH is 1. The lowest BCUT2D eigenvalue weighted by Gasteiger charge is -2.17. The molecule has 0 heterocycles. The molecule has 14 heavy (non-hydrogen) atoms. The Kier molecular flexibility index (Phi) is 9.42. The molecule has 2 unspecified atom stereocenters. The summed E-state index contributed by atoms with van der Waals surface area (Å²) in [4.78, 5) is 0. The summed E-state index contributed by atoms with van der Waals surface area (Å²) in [5, 5.41) is 9.31. The minimum atomic E-state index is -0.169. The molecule has 0 aliphatic carbocycles. The van der Waals surface area contributed by atoms with Gasteiger partial charge in [0.2, 0.25) is 0 Å². The van der Waals surface area contributed by atoms with E-state index in [2.05, 4.69) is 6.92 Å². The molecule has 0 fully saturated rings. The van der Waals surface area contributed by atoms with Crippen LogP contribution >= 0.6 is 0 Å². The molecule has 2 heteroatoms. The first kappa shape index (κ1) is 13.9. The summed E-state index contributed by atoms with van der Waals surface area (Å²) in [5.74, 6) is 0.636. The minimum Gasteiger partial charge on any atom is -0.393 e. The highest BCUT2D eigenvalue weighted by Gasteiger charge is 2.10. The highest BCUT2D eigenvalue weighted by atomic mass is 16.3. The molecule has 0 spiro atoms. The fourth-order valence-corrected chi connectivity index (χ4v) is 1.96. The van der Waals surface area contributed by atoms with Crippen LogP contribution in [0.2, 0.25) is 0 Å². The largest absolute Gasteiger partial charge is 0.393 e. The molecular weight excluding hydrogens is 174 g/mol. The van der Waals surface area contributed by atoms with Gasteiger partial charge in [-0.05, 0) is 32.2 Å². The van der Waals surface area contributed by atoms with Crippen molar-refractivity contribution < 1.29 is 5.11 Å². The van der Waals surface area contributed by atoms with Gasteiger partial charge < -0.3 is 10.8 Å². The highest BCUT2D eigenvalue weighted by molar-refractivity contribution is 4.63. The molecule has 0 aromatic carbocycles. The normalized spacial score (nSPS) is 15.4. The van der Waals surface area contributed by atoms with Crippen molar-refractivity contribution >= 4 is 0 Å². The summed E-state index contributed by atoms with van der Waals surface area (Å²) in [7, 11) is 0. The second-order valence-corrected chi connectivity index (χ2v) is 4.38. The molecule has 0 saturated heterocycles. The van der Waals surface area contributed by atoms with Crippen LogP contribution in [0.5, 0.6) is 0 Å². The maximum absolute atomic E-state index is 9.31. The van der Waals surface area contributed by atoms with Crippen LogP contribution in [0, 0.1) is 5.92 Å². The number of nitrogens with two attached hydrogens (primary N) is 1. The van der Waals surface area contributed by atoms with Crippen LogP contribution in [0.3, 0.4) is 0 Å². The number of hydrogen-bond acceptors (Lipinski definition) is 2. The lowest BCUT2D eigenvalue weighted by molar-refractivity contribution is 0.154. The molecule has 0 aliphatic heterocycles. The van der Waals surface area contributed by atoms with Crippen LogP contribution in [0.4, 0.5) is 0 Å². The van der Waals surface area contributed by atoms with Crippen molar-refractivity contribution in [2.45, 2.75) is 64.9 Å². The SMILES string of the molecule is CCCCCCC(CCN)CC(C)O. The molecule has 2 atom stereocenters. The first-order chi connectivity index (χ1) is 6.70. The molecule has 3 N–H and O–H groups in total. The number of hydrogen-bond donors (Lipinski definition) is 2. The third-order valence-corrected chi connectivity index (χ3v) is 2.72. The van der Waals surface area contributed by atoms with Gasteiger partial charge >= 0.3 is 0 Å². The van der Waals surface area contributed by atoms with E-state index in [9.17, 15) is 5.11 Å². The molecule has 86 valence electrons. The summed E-state index contributed by atoms with van der Waals surface area (Å²) in [6.07, 6.45) is 8.31. The Morgan fingerprint density at radius 1 is 1.14 bits per heavy atom. The lowest BCUT2D eigenvalue weighted by atomic mass is 9.92. The molecule has 0 aromatic heterocycles. The Morgan fingerprint density at radius 3 is 2.36 bits per heavy atom. The van der Waals surface area contributed by atoms with Gasteiger partial charge in [0.15, 0.2) is 0 Å². The van der Waals surface area contributed by atoms with E-state index in [1.165, 1.54) is 32.1 Å². The molecule has 0 aliphatic rings. The maximum atomic E-state index is 9.31. The van der Waals surface area contributed by atoms with Gasteiger partial charge in [-0.1, -0.05) is 39.0 Å². The quantitative estimate of drug-likeness (QED) is 0.563. The molecule has 0 radical (unpaired) electrons. The fourth-order valence-electron chi connectivity index (χ4n) is 1.96. The third kappa shape index (κ3) is 8.52. The summed E-state index contributed by atoms with van der Waals surface area (Å²) in [6, 6.07) is 0. The molecule has 0 amide bonds. The van der Waals surface area contributed by atoms with Gasteiger partial charge in [-0.3, -0.25) is 0 Å². The van der Waals surface area contributed by atoms with E-state index in [0.29, 0.717) is 5.92 Å². The van der Waals surface area contributed by atoms with Crippen molar-refractivity contribution in [2.24, 2.45) is 11.7 Å². The van der Waals surface area contributed by atoms with Gasteiger partial charge in [0.25, 0.3) is 0 Å². The Bertz CT molecular complexity index is 115. The molecule has 0 bridgehead atoms. The van der Waals surface area contributed by atoms with Crippen LogP contribution in [0.1, 0.15) is 58.8 Å². The van der Waals surface area contributed by atoms with Crippen molar-refractivity contribution in [2.75, 3.05) is 6.54 Å². The Balaban J connectivity index is 3.51. The van der Waals surface area contributed by atoms with Crippen LogP contribution in [-0.4, -0.2) is 17.8 Å². The number of unbranched alkanes of at least 4 members (excludes halogenated alkanes) is 3. The van der Waals surface area contributed by atoms with Crippen molar-refractivity contribution in [1.29, 1.82) is 0 Å². The van der Waals surface area contributed by atoms with Gasteiger partial charge in [0, 0.05) is 0 Å². The number of rotatable bonds is 9. The first-order valence-corrected chi connectivity index (χ1v) is 6.08. The molecule has 0 saturated carbocycles. The van der Waals surface area contributed by atoms with E-state index >= 15 is 0 Å². The topological polar surface area (TPSA) is 46.2 Å². The van der Waals surface area contributed by atoms with Crippen LogP contribution in [-0.2, 0) is 0 Å². The van der Waals surface area contributed by atoms with Gasteiger partial charge in [-0.25, -0.2) is 0 Å². The fraction of sp³-hybridized carbons (Fsp3) is 1.00. The minimum absolute atomic E-state index is 0.169. The summed E-state index contributed by atoms with van der Waals surface area (Å²) < 4.78 is 0. The van der Waals surface area contributed by atoms with Crippen LogP contribution < -0.4 is 5.73 Å². The standard InChI is InChI=1S/C12H27NO/c1-3-4-5-6-7-12(8-9-13)10-11(2)14/h11-12,14H,3-10,13H2,1-2H3. The predicted molar refractivity (Wildman–Crippen MR) is 62.2 cm³/mol. The van der Waals surface area contributed by atoms with Gasteiger partial charge in [-0.15, -0.1) is 0 Å². The first-order valence-electron chi connectivity index (χ1n) is 6.08. The highest BCUT2D eigenvalue weighted by Crippen LogP contribution is 2.19. The summed E-state index contributed by atoms with van der Waals surface area (Å²) >= 11 is 0. The molecule has 0 rings (SSSR count). The van der Waals surface area contributed by atoms with Crippen molar-refractivity contribution in [1.82, 2.24) is 0 Å². The average molecular weight is 201 g/mol. The second-order valence-electron chi connectivity index (χ2n) is 4.38. The Labute approximate surface area is 88.9 Å². The zero-order valence-electron chi connectivity index (χ0n) is 9.84. The zero-order valence-corrected chi connectivity index (χ0v) is 9.84. The van der Waals surface area contributed by atoms with Crippen molar-refractivity contribution in [3.63, 3.8) is 0 Å². The molecule has 0 aromatic rings. The molecule has 2 nitrogen and oxygen atoms in total. The third-order valence-electron chi connectivity index (χ3n) is 2.72.